The summed E-state index contributed by atoms with van der Waals surface area (Å²) in [6.45, 7) is 6.83. The number of ether oxygens (including phenoxy) is 1. The Kier molecular flexibility index (Phi) is 4.81. The van der Waals surface area contributed by atoms with Crippen molar-refractivity contribution in [3.8, 4) is 0 Å². The van der Waals surface area contributed by atoms with E-state index in [9.17, 15) is 9.18 Å². The zero-order chi connectivity index (χ0) is 19.9. The van der Waals surface area contributed by atoms with Gasteiger partial charge in [-0.1, -0.05) is 6.07 Å². The molecule has 2 aliphatic heterocycles. The predicted molar refractivity (Wildman–Crippen MR) is 113 cm³/mol. The second-order valence-corrected chi connectivity index (χ2v) is 7.78. The van der Waals surface area contributed by atoms with Gasteiger partial charge in [0.15, 0.2) is 5.11 Å². The molecule has 5 nitrogen and oxygen atoms in total. The Balaban J connectivity index is 1.65. The number of anilines is 3. The van der Waals surface area contributed by atoms with Crippen molar-refractivity contribution >= 4 is 40.3 Å². The Hall–Kier alpha value is -2.51. The van der Waals surface area contributed by atoms with Crippen LogP contribution in [0, 0.1) is 5.82 Å². The SMILES string of the molecule is CC1(C)C(=O)N(c2cccc(F)c2)C(=S)N1c1ccc(N2CCOCC2)cc1. The van der Waals surface area contributed by atoms with E-state index >= 15 is 0 Å². The minimum absolute atomic E-state index is 0.180. The molecule has 0 unspecified atom stereocenters. The van der Waals surface area contributed by atoms with E-state index < -0.39 is 11.4 Å². The van der Waals surface area contributed by atoms with Crippen molar-refractivity contribution in [2.75, 3.05) is 41.0 Å². The molecule has 4 rings (SSSR count). The van der Waals surface area contributed by atoms with Crippen molar-refractivity contribution in [1.29, 1.82) is 0 Å². The molecule has 0 bridgehead atoms. The third kappa shape index (κ3) is 3.14. The highest BCUT2D eigenvalue weighted by atomic mass is 32.1. The molecule has 0 saturated carbocycles. The first-order chi connectivity index (χ1) is 13.4. The van der Waals surface area contributed by atoms with Crippen LogP contribution in [0.4, 0.5) is 21.5 Å². The number of amides is 1. The third-order valence-corrected chi connectivity index (χ3v) is 5.58. The van der Waals surface area contributed by atoms with Crippen LogP contribution < -0.4 is 14.7 Å². The summed E-state index contributed by atoms with van der Waals surface area (Å²) in [6, 6.07) is 14.0. The van der Waals surface area contributed by atoms with E-state index in [0.717, 1.165) is 37.7 Å². The molecule has 0 atom stereocenters. The lowest BCUT2D eigenvalue weighted by molar-refractivity contribution is -0.120. The molecule has 2 fully saturated rings. The molecule has 0 aliphatic carbocycles. The summed E-state index contributed by atoms with van der Waals surface area (Å²) in [7, 11) is 0. The maximum atomic E-state index is 13.7. The van der Waals surface area contributed by atoms with Crippen LogP contribution in [0.3, 0.4) is 0 Å². The Bertz CT molecular complexity index is 910. The number of halogens is 1. The summed E-state index contributed by atoms with van der Waals surface area (Å²) in [5.74, 6) is -0.584. The zero-order valence-corrected chi connectivity index (χ0v) is 16.7. The Labute approximate surface area is 169 Å². The zero-order valence-electron chi connectivity index (χ0n) is 15.9. The number of rotatable bonds is 3. The van der Waals surface area contributed by atoms with Crippen LogP contribution in [0.1, 0.15) is 13.8 Å². The van der Waals surface area contributed by atoms with E-state index in [2.05, 4.69) is 4.90 Å². The number of benzene rings is 2. The van der Waals surface area contributed by atoms with Crippen LogP contribution in [0.25, 0.3) is 0 Å². The molecule has 2 aliphatic rings. The van der Waals surface area contributed by atoms with Crippen LogP contribution in [-0.4, -0.2) is 42.9 Å². The number of hydrogen-bond acceptors (Lipinski definition) is 4. The minimum atomic E-state index is -0.871. The number of carbonyl (C=O) groups excluding carboxylic acids is 1. The standard InChI is InChI=1S/C21H22FN3O2S/c1-21(2)19(26)24(18-5-3-4-15(22)14-18)20(28)25(21)17-8-6-16(7-9-17)23-10-12-27-13-11-23/h3-9,14H,10-13H2,1-2H3. The Morgan fingerprint density at radius 2 is 1.64 bits per heavy atom. The van der Waals surface area contributed by atoms with Crippen LogP contribution in [0.5, 0.6) is 0 Å². The van der Waals surface area contributed by atoms with Gasteiger partial charge in [0.05, 0.1) is 18.9 Å². The monoisotopic (exact) mass is 399 g/mol. The van der Waals surface area contributed by atoms with Crippen molar-refractivity contribution in [1.82, 2.24) is 0 Å². The minimum Gasteiger partial charge on any atom is -0.378 e. The molecule has 1 amide bonds. The summed E-state index contributed by atoms with van der Waals surface area (Å²) in [5, 5.41) is 0.347. The Morgan fingerprint density at radius 3 is 2.29 bits per heavy atom. The average Bonchev–Trinajstić information content (AvgIpc) is 2.87. The van der Waals surface area contributed by atoms with Gasteiger partial charge in [0, 0.05) is 24.5 Å². The van der Waals surface area contributed by atoms with Gasteiger partial charge in [0.1, 0.15) is 11.4 Å². The highest BCUT2D eigenvalue weighted by molar-refractivity contribution is 7.81. The molecule has 2 saturated heterocycles. The van der Waals surface area contributed by atoms with E-state index in [0.29, 0.717) is 10.8 Å². The third-order valence-electron chi connectivity index (χ3n) is 5.22. The van der Waals surface area contributed by atoms with Crippen molar-refractivity contribution in [2.45, 2.75) is 19.4 Å². The van der Waals surface area contributed by atoms with Crippen LogP contribution in [0.2, 0.25) is 0 Å². The molecule has 2 aromatic rings. The van der Waals surface area contributed by atoms with E-state index in [1.165, 1.54) is 17.0 Å². The number of hydrogen-bond donors (Lipinski definition) is 0. The van der Waals surface area contributed by atoms with Crippen molar-refractivity contribution < 1.29 is 13.9 Å². The molecular formula is C21H22FN3O2S. The van der Waals surface area contributed by atoms with Crippen LogP contribution in [0.15, 0.2) is 48.5 Å². The van der Waals surface area contributed by atoms with Crippen molar-refractivity contribution in [2.24, 2.45) is 0 Å². The summed E-state index contributed by atoms with van der Waals surface area (Å²) in [4.78, 5) is 18.6. The smallest absolute Gasteiger partial charge is 0.259 e. The van der Waals surface area contributed by atoms with Gasteiger partial charge in [-0.05, 0) is 68.5 Å². The lowest BCUT2D eigenvalue weighted by Gasteiger charge is -2.31. The van der Waals surface area contributed by atoms with Gasteiger partial charge in [-0.15, -0.1) is 0 Å². The normalized spacial score (nSPS) is 19.5. The van der Waals surface area contributed by atoms with Gasteiger partial charge in [0.2, 0.25) is 0 Å². The highest BCUT2D eigenvalue weighted by Crippen LogP contribution is 2.37. The molecule has 2 heterocycles. The fourth-order valence-corrected chi connectivity index (χ4v) is 4.23. The van der Waals surface area contributed by atoms with E-state index in [4.69, 9.17) is 17.0 Å². The molecule has 0 aromatic heterocycles. The maximum Gasteiger partial charge on any atom is 0.259 e. The molecule has 146 valence electrons. The summed E-state index contributed by atoms with van der Waals surface area (Å²) in [5.41, 5.74) is 1.52. The summed E-state index contributed by atoms with van der Waals surface area (Å²) < 4.78 is 19.1. The summed E-state index contributed by atoms with van der Waals surface area (Å²) >= 11 is 5.63. The average molecular weight is 399 g/mol. The van der Waals surface area contributed by atoms with Gasteiger partial charge in [-0.25, -0.2) is 4.39 Å². The van der Waals surface area contributed by atoms with Gasteiger partial charge in [0.25, 0.3) is 5.91 Å². The molecule has 2 aromatic carbocycles. The number of thiocarbonyl (C=S) groups is 1. The van der Waals surface area contributed by atoms with Gasteiger partial charge >= 0.3 is 0 Å². The first-order valence-electron chi connectivity index (χ1n) is 9.27. The molecule has 28 heavy (non-hydrogen) atoms. The molecule has 0 radical (unpaired) electrons. The fourth-order valence-electron chi connectivity index (χ4n) is 3.71. The molecule has 7 heteroatoms. The van der Waals surface area contributed by atoms with Crippen LogP contribution in [-0.2, 0) is 9.53 Å². The van der Waals surface area contributed by atoms with E-state index in [-0.39, 0.29) is 5.91 Å². The van der Waals surface area contributed by atoms with E-state index in [1.807, 2.05) is 43.0 Å². The fraction of sp³-hybridized carbons (Fsp3) is 0.333. The van der Waals surface area contributed by atoms with Gasteiger partial charge < -0.3 is 14.5 Å². The second kappa shape index (κ2) is 7.14. The highest BCUT2D eigenvalue weighted by Gasteiger charge is 2.50. The Morgan fingerprint density at radius 1 is 1.00 bits per heavy atom. The van der Waals surface area contributed by atoms with Crippen molar-refractivity contribution in [3.05, 3.63) is 54.3 Å². The molecular weight excluding hydrogens is 377 g/mol. The lowest BCUT2D eigenvalue weighted by Crippen LogP contribution is -2.44. The second-order valence-electron chi connectivity index (χ2n) is 7.41. The van der Waals surface area contributed by atoms with Gasteiger partial charge in [-0.3, -0.25) is 9.69 Å². The van der Waals surface area contributed by atoms with E-state index in [1.54, 1.807) is 12.1 Å². The number of nitrogens with zero attached hydrogens (tertiary/aromatic N) is 3. The first kappa shape index (κ1) is 18.8. The molecule has 0 N–H and O–H groups in total. The summed E-state index contributed by atoms with van der Waals surface area (Å²) in [6.07, 6.45) is 0. The van der Waals surface area contributed by atoms with Crippen molar-refractivity contribution in [3.63, 3.8) is 0 Å². The topological polar surface area (TPSA) is 36.0 Å². The lowest BCUT2D eigenvalue weighted by atomic mass is 10.0. The first-order valence-corrected chi connectivity index (χ1v) is 9.67. The van der Waals surface area contributed by atoms with Crippen LogP contribution >= 0.6 is 12.2 Å². The molecule has 0 spiro atoms. The number of morpholine rings is 1. The van der Waals surface area contributed by atoms with Gasteiger partial charge in [-0.2, -0.15) is 0 Å². The predicted octanol–water partition coefficient (Wildman–Crippen LogP) is 3.58. The quantitative estimate of drug-likeness (QED) is 0.738. The number of carbonyl (C=O) groups is 1. The maximum absolute atomic E-state index is 13.7. The largest absolute Gasteiger partial charge is 0.378 e.